The number of aromatic nitrogens is 3. The average molecular weight is 304 g/mol. The van der Waals surface area contributed by atoms with Gasteiger partial charge in [0.2, 0.25) is 0 Å². The number of fused-ring (bicyclic) bond motifs is 1. The summed E-state index contributed by atoms with van der Waals surface area (Å²) in [6, 6.07) is 11.3. The van der Waals surface area contributed by atoms with Crippen LogP contribution in [0.15, 0.2) is 48.8 Å². The van der Waals surface area contributed by atoms with Crippen LogP contribution in [0.2, 0.25) is 0 Å². The highest BCUT2D eigenvalue weighted by atomic mass is 16.1. The average Bonchev–Trinajstić information content (AvgIpc) is 2.94. The van der Waals surface area contributed by atoms with Gasteiger partial charge in [-0.15, -0.1) is 6.42 Å². The Bertz CT molecular complexity index is 862. The van der Waals surface area contributed by atoms with Gasteiger partial charge in [-0.3, -0.25) is 9.78 Å². The predicted molar refractivity (Wildman–Crippen MR) is 88.8 cm³/mol. The molecule has 3 rings (SSSR count). The van der Waals surface area contributed by atoms with Crippen LogP contribution in [0.3, 0.4) is 0 Å². The highest BCUT2D eigenvalue weighted by Crippen LogP contribution is 2.16. The van der Waals surface area contributed by atoms with E-state index in [0.29, 0.717) is 25.1 Å². The Morgan fingerprint density at radius 1 is 1.26 bits per heavy atom. The molecule has 0 atom stereocenters. The standard InChI is InChI=1S/C18H16N4O/c1-2-12-22-16-8-4-3-7-15(16)21-17(22)9-11-20-18(23)14-6-5-10-19-13-14/h1,3-8,10,13H,9,11-12H2,(H,20,23). The van der Waals surface area contributed by atoms with Crippen LogP contribution < -0.4 is 5.32 Å². The van der Waals surface area contributed by atoms with Crippen molar-refractivity contribution in [1.82, 2.24) is 19.9 Å². The van der Waals surface area contributed by atoms with Crippen LogP contribution >= 0.6 is 0 Å². The molecule has 1 amide bonds. The fourth-order valence-electron chi connectivity index (χ4n) is 2.47. The number of benzene rings is 1. The minimum absolute atomic E-state index is 0.141. The zero-order chi connectivity index (χ0) is 16.1. The quantitative estimate of drug-likeness (QED) is 0.734. The van der Waals surface area contributed by atoms with Crippen molar-refractivity contribution < 1.29 is 4.79 Å². The third kappa shape index (κ3) is 3.22. The predicted octanol–water partition coefficient (Wildman–Crippen LogP) is 2.04. The van der Waals surface area contributed by atoms with Gasteiger partial charge >= 0.3 is 0 Å². The van der Waals surface area contributed by atoms with Gasteiger partial charge in [0.1, 0.15) is 5.82 Å². The van der Waals surface area contributed by atoms with Gasteiger partial charge in [0, 0.05) is 25.4 Å². The van der Waals surface area contributed by atoms with E-state index < -0.39 is 0 Å². The molecule has 0 spiro atoms. The Balaban J connectivity index is 1.71. The molecule has 0 bridgehead atoms. The number of nitrogens with zero attached hydrogens (tertiary/aromatic N) is 3. The van der Waals surface area contributed by atoms with Crippen molar-refractivity contribution in [3.8, 4) is 12.3 Å². The number of rotatable bonds is 5. The highest BCUT2D eigenvalue weighted by Gasteiger charge is 2.10. The molecule has 2 heterocycles. The number of hydrogen-bond acceptors (Lipinski definition) is 3. The number of carbonyl (C=O) groups is 1. The highest BCUT2D eigenvalue weighted by molar-refractivity contribution is 5.93. The molecule has 114 valence electrons. The largest absolute Gasteiger partial charge is 0.352 e. The summed E-state index contributed by atoms with van der Waals surface area (Å²) >= 11 is 0. The summed E-state index contributed by atoms with van der Waals surface area (Å²) in [6.45, 7) is 0.952. The van der Waals surface area contributed by atoms with Crippen LogP contribution in [0.5, 0.6) is 0 Å². The smallest absolute Gasteiger partial charge is 0.252 e. The van der Waals surface area contributed by atoms with Gasteiger partial charge in [0.15, 0.2) is 0 Å². The molecule has 23 heavy (non-hydrogen) atoms. The van der Waals surface area contributed by atoms with Crippen LogP contribution in [0, 0.1) is 12.3 Å². The maximum atomic E-state index is 12.0. The van der Waals surface area contributed by atoms with E-state index >= 15 is 0 Å². The monoisotopic (exact) mass is 304 g/mol. The van der Waals surface area contributed by atoms with Gasteiger partial charge in [-0.05, 0) is 24.3 Å². The van der Waals surface area contributed by atoms with Crippen LogP contribution in [0.1, 0.15) is 16.2 Å². The summed E-state index contributed by atoms with van der Waals surface area (Å²) in [5.74, 6) is 3.38. The molecule has 2 aromatic heterocycles. The third-order valence-corrected chi connectivity index (χ3v) is 3.54. The Labute approximate surface area is 134 Å². The van der Waals surface area contributed by atoms with Crippen molar-refractivity contribution in [3.63, 3.8) is 0 Å². The van der Waals surface area contributed by atoms with Crippen LogP contribution in [-0.4, -0.2) is 27.0 Å². The molecule has 0 unspecified atom stereocenters. The van der Waals surface area contributed by atoms with Gasteiger partial charge < -0.3 is 9.88 Å². The Morgan fingerprint density at radius 2 is 2.13 bits per heavy atom. The molecule has 0 saturated heterocycles. The number of pyridine rings is 1. The third-order valence-electron chi connectivity index (χ3n) is 3.54. The SMILES string of the molecule is C#CCn1c(CCNC(=O)c2cccnc2)nc2ccccc21. The first-order valence-corrected chi connectivity index (χ1v) is 7.35. The fraction of sp³-hybridized carbons (Fsp3) is 0.167. The summed E-state index contributed by atoms with van der Waals surface area (Å²) in [6.07, 6.45) is 9.25. The second-order valence-corrected chi connectivity index (χ2v) is 5.05. The van der Waals surface area contributed by atoms with Crippen molar-refractivity contribution in [2.45, 2.75) is 13.0 Å². The maximum Gasteiger partial charge on any atom is 0.252 e. The lowest BCUT2D eigenvalue weighted by atomic mass is 10.2. The lowest BCUT2D eigenvalue weighted by Gasteiger charge is -2.07. The second kappa shape index (κ2) is 6.75. The Morgan fingerprint density at radius 3 is 2.91 bits per heavy atom. The van der Waals surface area contributed by atoms with E-state index in [9.17, 15) is 4.79 Å². The van der Waals surface area contributed by atoms with Crippen LogP contribution in [-0.2, 0) is 13.0 Å². The molecule has 1 aromatic carbocycles. The van der Waals surface area contributed by atoms with E-state index in [1.165, 1.54) is 0 Å². The number of nitrogens with one attached hydrogen (secondary N) is 1. The minimum atomic E-state index is -0.141. The van der Waals surface area contributed by atoms with E-state index in [0.717, 1.165) is 16.9 Å². The molecule has 0 saturated carbocycles. The molecule has 3 aromatic rings. The topological polar surface area (TPSA) is 59.8 Å². The van der Waals surface area contributed by atoms with Crippen molar-refractivity contribution in [1.29, 1.82) is 0 Å². The lowest BCUT2D eigenvalue weighted by Crippen LogP contribution is -2.26. The molecule has 0 aliphatic carbocycles. The normalized spacial score (nSPS) is 10.4. The Hall–Kier alpha value is -3.13. The number of hydrogen-bond donors (Lipinski definition) is 1. The van der Waals surface area contributed by atoms with E-state index in [2.05, 4.69) is 21.2 Å². The molecule has 0 aliphatic rings. The Kier molecular flexibility index (Phi) is 4.34. The molecular weight excluding hydrogens is 288 g/mol. The molecule has 0 fully saturated rings. The maximum absolute atomic E-state index is 12.0. The summed E-state index contributed by atoms with van der Waals surface area (Å²) in [4.78, 5) is 20.6. The van der Waals surface area contributed by atoms with Crippen LogP contribution in [0.4, 0.5) is 0 Å². The molecule has 5 heteroatoms. The number of carbonyl (C=O) groups excluding carboxylic acids is 1. The van der Waals surface area contributed by atoms with Crippen molar-refractivity contribution in [2.24, 2.45) is 0 Å². The van der Waals surface area contributed by atoms with E-state index in [4.69, 9.17) is 6.42 Å². The molecule has 0 aliphatic heterocycles. The molecule has 1 N–H and O–H groups in total. The van der Waals surface area contributed by atoms with Gasteiger partial charge in [-0.2, -0.15) is 0 Å². The lowest BCUT2D eigenvalue weighted by molar-refractivity contribution is 0.0953. The van der Waals surface area contributed by atoms with Crippen LogP contribution in [0.25, 0.3) is 11.0 Å². The molecule has 5 nitrogen and oxygen atoms in total. The first-order chi connectivity index (χ1) is 11.3. The van der Waals surface area contributed by atoms with Gasteiger partial charge in [-0.1, -0.05) is 18.1 Å². The van der Waals surface area contributed by atoms with E-state index in [1.54, 1.807) is 24.5 Å². The fourth-order valence-corrected chi connectivity index (χ4v) is 2.47. The summed E-state index contributed by atoms with van der Waals surface area (Å²) in [7, 11) is 0. The van der Waals surface area contributed by atoms with Crippen molar-refractivity contribution in [2.75, 3.05) is 6.54 Å². The number of amides is 1. The second-order valence-electron chi connectivity index (χ2n) is 5.05. The van der Waals surface area contributed by atoms with Gasteiger partial charge in [-0.25, -0.2) is 4.98 Å². The molecular formula is C18H16N4O. The summed E-state index contributed by atoms with van der Waals surface area (Å²) < 4.78 is 2.01. The number of imidazole rings is 1. The van der Waals surface area contributed by atoms with E-state index in [-0.39, 0.29) is 5.91 Å². The first kappa shape index (κ1) is 14.8. The van der Waals surface area contributed by atoms with Gasteiger partial charge in [0.05, 0.1) is 23.1 Å². The zero-order valence-corrected chi connectivity index (χ0v) is 12.6. The van der Waals surface area contributed by atoms with Gasteiger partial charge in [0.25, 0.3) is 5.91 Å². The first-order valence-electron chi connectivity index (χ1n) is 7.35. The summed E-state index contributed by atoms with van der Waals surface area (Å²) in [5, 5.41) is 2.88. The number of para-hydroxylation sites is 2. The minimum Gasteiger partial charge on any atom is -0.352 e. The van der Waals surface area contributed by atoms with Crippen molar-refractivity contribution in [3.05, 3.63) is 60.2 Å². The molecule has 0 radical (unpaired) electrons. The number of terminal acetylenes is 1. The van der Waals surface area contributed by atoms with Crippen molar-refractivity contribution >= 4 is 16.9 Å². The summed E-state index contributed by atoms with van der Waals surface area (Å²) in [5.41, 5.74) is 2.47. The van der Waals surface area contributed by atoms with E-state index in [1.807, 2.05) is 28.8 Å². The zero-order valence-electron chi connectivity index (χ0n) is 12.6.